The van der Waals surface area contributed by atoms with Crippen LogP contribution in [-0.4, -0.2) is 45.8 Å². The Morgan fingerprint density at radius 1 is 1.45 bits per heavy atom. The van der Waals surface area contributed by atoms with E-state index in [-0.39, 0.29) is 21.0 Å². The second-order valence-corrected chi connectivity index (χ2v) is 8.42. The summed E-state index contributed by atoms with van der Waals surface area (Å²) in [4.78, 5) is 2.27. The number of anilines is 2. The number of hydrogen-bond acceptors (Lipinski definition) is 7. The Bertz CT molecular complexity index is 639. The summed E-state index contributed by atoms with van der Waals surface area (Å²) in [6, 6.07) is 1.93. The van der Waals surface area contributed by atoms with E-state index in [4.69, 9.17) is 11.0 Å². The van der Waals surface area contributed by atoms with Crippen molar-refractivity contribution < 1.29 is 8.42 Å². The molecular formula is C12H20N4O2S2. The first kappa shape index (κ1) is 16.8. The summed E-state index contributed by atoms with van der Waals surface area (Å²) in [5, 5.41) is 12.5. The number of rotatable bonds is 5. The zero-order valence-electron chi connectivity index (χ0n) is 12.3. The van der Waals surface area contributed by atoms with Crippen molar-refractivity contribution in [3.05, 3.63) is 4.88 Å². The highest BCUT2D eigenvalue weighted by atomic mass is 32.2. The smallest absolute Gasteiger partial charge is 0.180 e. The molecule has 1 heterocycles. The van der Waals surface area contributed by atoms with Crippen LogP contribution in [0.4, 0.5) is 10.7 Å². The van der Waals surface area contributed by atoms with Gasteiger partial charge in [-0.05, 0) is 27.9 Å². The van der Waals surface area contributed by atoms with E-state index < -0.39 is 9.84 Å². The van der Waals surface area contributed by atoms with Gasteiger partial charge in [0.15, 0.2) is 9.84 Å². The van der Waals surface area contributed by atoms with Crippen LogP contribution in [0.1, 0.15) is 18.7 Å². The molecule has 1 aromatic rings. The Morgan fingerprint density at radius 3 is 2.40 bits per heavy atom. The number of nitrogens with one attached hydrogen (secondary N) is 1. The largest absolute Gasteiger partial charge is 0.396 e. The molecule has 6 nitrogen and oxygen atoms in total. The minimum atomic E-state index is -3.48. The molecule has 0 fully saturated rings. The van der Waals surface area contributed by atoms with Crippen molar-refractivity contribution in [2.75, 3.05) is 37.9 Å². The molecule has 0 radical (unpaired) electrons. The van der Waals surface area contributed by atoms with Crippen LogP contribution in [0, 0.1) is 11.3 Å². The van der Waals surface area contributed by atoms with E-state index >= 15 is 0 Å². The maximum absolute atomic E-state index is 11.8. The van der Waals surface area contributed by atoms with E-state index in [2.05, 4.69) is 5.32 Å². The first-order chi connectivity index (χ1) is 9.00. The van der Waals surface area contributed by atoms with Crippen LogP contribution in [0.5, 0.6) is 0 Å². The topological polar surface area (TPSA) is 99.2 Å². The van der Waals surface area contributed by atoms with Gasteiger partial charge in [0.2, 0.25) is 0 Å². The third-order valence-electron chi connectivity index (χ3n) is 3.26. The number of thiophene rings is 1. The predicted molar refractivity (Wildman–Crippen MR) is 82.8 cm³/mol. The molecule has 3 N–H and O–H groups in total. The summed E-state index contributed by atoms with van der Waals surface area (Å²) >= 11 is 1.07. The van der Waals surface area contributed by atoms with E-state index in [0.717, 1.165) is 17.6 Å². The van der Waals surface area contributed by atoms with Crippen LogP contribution < -0.4 is 11.1 Å². The van der Waals surface area contributed by atoms with E-state index in [9.17, 15) is 8.42 Å². The van der Waals surface area contributed by atoms with Crippen molar-refractivity contribution in [1.82, 2.24) is 4.90 Å². The molecule has 112 valence electrons. The van der Waals surface area contributed by atoms with E-state index in [1.165, 1.54) is 0 Å². The molecule has 0 aliphatic rings. The molecule has 0 saturated heterocycles. The lowest BCUT2D eigenvalue weighted by Crippen LogP contribution is -2.44. The summed E-state index contributed by atoms with van der Waals surface area (Å²) in [7, 11) is 0.411. The molecular weight excluding hydrogens is 296 g/mol. The molecule has 0 saturated carbocycles. The molecule has 0 aromatic carbocycles. The van der Waals surface area contributed by atoms with Gasteiger partial charge < -0.3 is 16.0 Å². The number of hydrogen-bond donors (Lipinski definition) is 2. The van der Waals surface area contributed by atoms with Crippen molar-refractivity contribution >= 4 is 31.9 Å². The Labute approximate surface area is 124 Å². The van der Waals surface area contributed by atoms with Crippen molar-refractivity contribution in [3.8, 4) is 6.07 Å². The lowest BCUT2D eigenvalue weighted by Gasteiger charge is -2.32. The van der Waals surface area contributed by atoms with Crippen LogP contribution in [0.3, 0.4) is 0 Å². The highest BCUT2D eigenvalue weighted by Gasteiger charge is 2.26. The van der Waals surface area contributed by atoms with Gasteiger partial charge in [-0.3, -0.25) is 0 Å². The first-order valence-corrected chi connectivity index (χ1v) is 8.65. The summed E-state index contributed by atoms with van der Waals surface area (Å²) < 4.78 is 23.7. The van der Waals surface area contributed by atoms with Crippen LogP contribution in [0.2, 0.25) is 0 Å². The standard InChI is InChI=1S/C12H20N4O2S2/c1-12(2,16(3)4)7-15-11-10(20(5,17)18)9(14)8(6-13)19-11/h15H,7,14H2,1-5H3. The maximum Gasteiger partial charge on any atom is 0.180 e. The Balaban J connectivity index is 3.18. The van der Waals surface area contributed by atoms with Gasteiger partial charge in [-0.15, -0.1) is 11.3 Å². The summed E-state index contributed by atoms with van der Waals surface area (Å²) in [5.74, 6) is 0. The first-order valence-electron chi connectivity index (χ1n) is 5.94. The fraction of sp³-hybridized carbons (Fsp3) is 0.583. The Hall–Kier alpha value is -1.30. The number of nitriles is 1. The van der Waals surface area contributed by atoms with Gasteiger partial charge >= 0.3 is 0 Å². The molecule has 8 heteroatoms. The van der Waals surface area contributed by atoms with Crippen molar-refractivity contribution in [2.45, 2.75) is 24.3 Å². The van der Waals surface area contributed by atoms with Crippen LogP contribution in [-0.2, 0) is 9.84 Å². The SMILES string of the molecule is CN(C)C(C)(C)CNc1sc(C#N)c(N)c1S(C)(=O)=O. The predicted octanol–water partition coefficient (Wildman–Crippen LogP) is 1.36. The van der Waals surface area contributed by atoms with Gasteiger partial charge in [0.25, 0.3) is 0 Å². The van der Waals surface area contributed by atoms with Gasteiger partial charge in [0, 0.05) is 18.3 Å². The molecule has 0 amide bonds. The minimum absolute atomic E-state index is 0.0219. The average Bonchev–Trinajstić information content (AvgIpc) is 2.62. The molecule has 0 bridgehead atoms. The van der Waals surface area contributed by atoms with E-state index in [1.807, 2.05) is 38.9 Å². The molecule has 0 aliphatic heterocycles. The minimum Gasteiger partial charge on any atom is -0.396 e. The third-order valence-corrected chi connectivity index (χ3v) is 5.63. The Morgan fingerprint density at radius 2 is 2.00 bits per heavy atom. The molecule has 0 unspecified atom stereocenters. The average molecular weight is 316 g/mol. The lowest BCUT2D eigenvalue weighted by molar-refractivity contribution is 0.210. The molecule has 0 aliphatic carbocycles. The fourth-order valence-electron chi connectivity index (χ4n) is 1.45. The van der Waals surface area contributed by atoms with Gasteiger partial charge in [-0.1, -0.05) is 0 Å². The third kappa shape index (κ3) is 3.42. The lowest BCUT2D eigenvalue weighted by atomic mass is 10.0. The van der Waals surface area contributed by atoms with Gasteiger partial charge in [0.05, 0.1) is 5.69 Å². The van der Waals surface area contributed by atoms with Crippen LogP contribution >= 0.6 is 11.3 Å². The molecule has 1 rings (SSSR count). The van der Waals surface area contributed by atoms with Gasteiger partial charge in [0.1, 0.15) is 20.8 Å². The zero-order valence-corrected chi connectivity index (χ0v) is 13.9. The quantitative estimate of drug-likeness (QED) is 0.851. The molecule has 20 heavy (non-hydrogen) atoms. The number of likely N-dealkylation sites (N-methyl/N-ethyl adjacent to an activating group) is 1. The van der Waals surface area contributed by atoms with Crippen molar-refractivity contribution in [3.63, 3.8) is 0 Å². The van der Waals surface area contributed by atoms with Crippen molar-refractivity contribution in [1.29, 1.82) is 5.26 Å². The molecule has 0 spiro atoms. The fourth-order valence-corrected chi connectivity index (χ4v) is 3.81. The number of sulfone groups is 1. The second-order valence-electron chi connectivity index (χ2n) is 5.45. The zero-order chi connectivity index (χ0) is 15.7. The summed E-state index contributed by atoms with van der Waals surface area (Å²) in [6.07, 6.45) is 1.09. The van der Waals surface area contributed by atoms with Gasteiger partial charge in [-0.25, -0.2) is 8.42 Å². The highest BCUT2D eigenvalue weighted by molar-refractivity contribution is 7.91. The van der Waals surface area contributed by atoms with Crippen molar-refractivity contribution in [2.24, 2.45) is 0 Å². The van der Waals surface area contributed by atoms with E-state index in [0.29, 0.717) is 11.5 Å². The molecule has 1 aromatic heterocycles. The molecule has 0 atom stereocenters. The maximum atomic E-state index is 11.8. The monoisotopic (exact) mass is 316 g/mol. The second kappa shape index (κ2) is 5.60. The van der Waals surface area contributed by atoms with Crippen LogP contribution in [0.25, 0.3) is 0 Å². The highest BCUT2D eigenvalue weighted by Crippen LogP contribution is 2.38. The Kier molecular flexibility index (Phi) is 4.69. The summed E-state index contributed by atoms with van der Waals surface area (Å²) in [6.45, 7) is 4.60. The normalized spacial score (nSPS) is 12.4. The summed E-state index contributed by atoms with van der Waals surface area (Å²) in [5.41, 5.74) is 5.62. The number of nitrogen functional groups attached to an aromatic ring is 1. The number of nitrogens with zero attached hydrogens (tertiary/aromatic N) is 2. The van der Waals surface area contributed by atoms with Gasteiger partial charge in [-0.2, -0.15) is 5.26 Å². The van der Waals surface area contributed by atoms with E-state index in [1.54, 1.807) is 0 Å². The van der Waals surface area contributed by atoms with Crippen LogP contribution in [0.15, 0.2) is 4.90 Å². The number of nitrogens with two attached hydrogens (primary N) is 1.